The number of benzene rings is 1. The Hall–Kier alpha value is -3.16. The third kappa shape index (κ3) is 4.76. The highest BCUT2D eigenvalue weighted by Gasteiger charge is 2.18. The van der Waals surface area contributed by atoms with E-state index in [-0.39, 0.29) is 16.3 Å². The molecule has 0 bridgehead atoms. The van der Waals surface area contributed by atoms with E-state index in [1.165, 1.54) is 35.3 Å². The molecule has 0 aliphatic rings. The van der Waals surface area contributed by atoms with E-state index in [0.29, 0.717) is 11.3 Å². The minimum absolute atomic E-state index is 0.0224. The average Bonchev–Trinajstić information content (AvgIpc) is 3.35. The number of carbonyl (C=O) groups is 2. The standard InChI is InChI=1S/C15H14N6O5S2/c16-28(24,25)11-3-1-10(2-4-11)7-17-13(22)8-26-15(23)14-12(5-6-27-14)21-9-18-19-20-21/h1-6,9H,7-8H2,(H,17,22)(H2,16,24,25). The lowest BCUT2D eigenvalue weighted by Gasteiger charge is -2.07. The maximum absolute atomic E-state index is 12.2. The monoisotopic (exact) mass is 422 g/mol. The molecule has 1 amide bonds. The number of carbonyl (C=O) groups excluding carboxylic acids is 2. The molecule has 0 unspecified atom stereocenters. The molecular formula is C15H14N6O5S2. The second-order valence-corrected chi connectivity index (χ2v) is 7.91. The summed E-state index contributed by atoms with van der Waals surface area (Å²) in [6.45, 7) is -0.336. The average molecular weight is 422 g/mol. The molecule has 0 aliphatic carbocycles. The van der Waals surface area contributed by atoms with Crippen LogP contribution in [0.5, 0.6) is 0 Å². The van der Waals surface area contributed by atoms with Crippen LogP contribution in [0, 0.1) is 0 Å². The summed E-state index contributed by atoms with van der Waals surface area (Å²) >= 11 is 1.14. The summed E-state index contributed by atoms with van der Waals surface area (Å²) in [5, 5.41) is 20.0. The Bertz CT molecular complexity index is 1080. The van der Waals surface area contributed by atoms with Gasteiger partial charge in [-0.15, -0.1) is 16.4 Å². The number of nitrogens with zero attached hydrogens (tertiary/aromatic N) is 4. The second kappa shape index (κ2) is 8.24. The summed E-state index contributed by atoms with van der Waals surface area (Å²) < 4.78 is 28.7. The van der Waals surface area contributed by atoms with Crippen molar-refractivity contribution in [3.63, 3.8) is 0 Å². The van der Waals surface area contributed by atoms with Gasteiger partial charge in [0.1, 0.15) is 11.2 Å². The summed E-state index contributed by atoms with van der Waals surface area (Å²) in [6, 6.07) is 7.39. The number of hydrogen-bond acceptors (Lipinski definition) is 9. The lowest BCUT2D eigenvalue weighted by atomic mass is 10.2. The summed E-state index contributed by atoms with van der Waals surface area (Å²) in [4.78, 5) is 24.3. The third-order valence-electron chi connectivity index (χ3n) is 3.50. The quantitative estimate of drug-likeness (QED) is 0.497. The number of rotatable bonds is 7. The van der Waals surface area contributed by atoms with Gasteiger partial charge in [0.05, 0.1) is 10.6 Å². The van der Waals surface area contributed by atoms with Crippen LogP contribution >= 0.6 is 11.3 Å². The van der Waals surface area contributed by atoms with Gasteiger partial charge < -0.3 is 10.1 Å². The molecule has 0 saturated heterocycles. The van der Waals surface area contributed by atoms with Crippen molar-refractivity contribution in [2.24, 2.45) is 5.14 Å². The van der Waals surface area contributed by atoms with Crippen LogP contribution in [0.25, 0.3) is 5.69 Å². The number of amides is 1. The van der Waals surface area contributed by atoms with Crippen molar-refractivity contribution in [2.75, 3.05) is 6.61 Å². The molecule has 3 aromatic rings. The van der Waals surface area contributed by atoms with Gasteiger partial charge in [-0.3, -0.25) is 4.79 Å². The number of thiophene rings is 1. The highest BCUT2D eigenvalue weighted by molar-refractivity contribution is 7.89. The Morgan fingerprint density at radius 3 is 2.61 bits per heavy atom. The largest absolute Gasteiger partial charge is 0.451 e. The van der Waals surface area contributed by atoms with Gasteiger partial charge >= 0.3 is 5.97 Å². The molecule has 0 saturated carbocycles. The number of aromatic nitrogens is 4. The first kappa shape index (κ1) is 19.6. The third-order valence-corrected chi connectivity index (χ3v) is 5.31. The Morgan fingerprint density at radius 2 is 1.96 bits per heavy atom. The SMILES string of the molecule is NS(=O)(=O)c1ccc(CNC(=O)COC(=O)c2sccc2-n2cnnn2)cc1. The number of tetrazole rings is 1. The van der Waals surface area contributed by atoms with Crippen LogP contribution in [0.2, 0.25) is 0 Å². The maximum Gasteiger partial charge on any atom is 0.351 e. The van der Waals surface area contributed by atoms with Gasteiger partial charge in [0.2, 0.25) is 10.0 Å². The van der Waals surface area contributed by atoms with Crippen molar-refractivity contribution in [1.82, 2.24) is 25.5 Å². The van der Waals surface area contributed by atoms with Crippen LogP contribution in [-0.2, 0) is 26.1 Å². The fraction of sp³-hybridized carbons (Fsp3) is 0.133. The number of hydrogen-bond donors (Lipinski definition) is 2. The molecule has 3 N–H and O–H groups in total. The van der Waals surface area contributed by atoms with E-state index in [1.54, 1.807) is 11.4 Å². The minimum atomic E-state index is -3.77. The van der Waals surface area contributed by atoms with E-state index in [4.69, 9.17) is 9.88 Å². The van der Waals surface area contributed by atoms with Crippen LogP contribution in [0.1, 0.15) is 15.2 Å². The van der Waals surface area contributed by atoms with Gasteiger partial charge in [-0.1, -0.05) is 12.1 Å². The van der Waals surface area contributed by atoms with Crippen LogP contribution < -0.4 is 10.5 Å². The highest BCUT2D eigenvalue weighted by Crippen LogP contribution is 2.20. The van der Waals surface area contributed by atoms with E-state index in [9.17, 15) is 18.0 Å². The first-order chi connectivity index (χ1) is 13.3. The van der Waals surface area contributed by atoms with Crippen LogP contribution in [0.15, 0.2) is 46.9 Å². The van der Waals surface area contributed by atoms with E-state index >= 15 is 0 Å². The number of primary sulfonamides is 1. The van der Waals surface area contributed by atoms with Gasteiger partial charge in [0.15, 0.2) is 6.61 Å². The zero-order chi connectivity index (χ0) is 20.1. The van der Waals surface area contributed by atoms with Crippen LogP contribution in [0.4, 0.5) is 0 Å². The van der Waals surface area contributed by atoms with Crippen molar-refractivity contribution in [3.8, 4) is 5.69 Å². The van der Waals surface area contributed by atoms with Gasteiger partial charge in [0, 0.05) is 6.54 Å². The molecule has 0 radical (unpaired) electrons. The van der Waals surface area contributed by atoms with Gasteiger partial charge in [0.25, 0.3) is 5.91 Å². The topological polar surface area (TPSA) is 159 Å². The smallest absolute Gasteiger partial charge is 0.351 e. The molecule has 2 heterocycles. The molecule has 3 rings (SSSR count). The predicted octanol–water partition coefficient (Wildman–Crippen LogP) is -0.156. The Kier molecular flexibility index (Phi) is 5.77. The second-order valence-electron chi connectivity index (χ2n) is 5.43. The van der Waals surface area contributed by atoms with Crippen LogP contribution in [-0.4, -0.2) is 47.1 Å². The molecule has 0 atom stereocenters. The highest BCUT2D eigenvalue weighted by atomic mass is 32.2. The molecule has 146 valence electrons. The summed E-state index contributed by atoms with van der Waals surface area (Å²) in [5.74, 6) is -1.18. The van der Waals surface area contributed by atoms with E-state index in [0.717, 1.165) is 11.3 Å². The van der Waals surface area contributed by atoms with E-state index < -0.39 is 28.5 Å². The normalized spacial score (nSPS) is 11.2. The molecule has 13 heteroatoms. The van der Waals surface area contributed by atoms with Gasteiger partial charge in [-0.25, -0.2) is 18.4 Å². The zero-order valence-electron chi connectivity index (χ0n) is 14.2. The summed E-state index contributed by atoms with van der Waals surface area (Å²) in [6.07, 6.45) is 1.34. The lowest BCUT2D eigenvalue weighted by molar-refractivity contribution is -0.124. The van der Waals surface area contributed by atoms with Crippen LogP contribution in [0.3, 0.4) is 0 Å². The van der Waals surface area contributed by atoms with E-state index in [1.807, 2.05) is 0 Å². The first-order valence-corrected chi connectivity index (χ1v) is 10.1. The first-order valence-electron chi connectivity index (χ1n) is 7.71. The fourth-order valence-electron chi connectivity index (χ4n) is 2.15. The molecule has 0 aliphatic heterocycles. The molecule has 11 nitrogen and oxygen atoms in total. The Balaban J connectivity index is 1.51. The summed E-state index contributed by atoms with van der Waals surface area (Å²) in [7, 11) is -3.77. The van der Waals surface area contributed by atoms with Crippen molar-refractivity contribution in [3.05, 3.63) is 52.5 Å². The molecular weight excluding hydrogens is 408 g/mol. The zero-order valence-corrected chi connectivity index (χ0v) is 15.8. The maximum atomic E-state index is 12.2. The summed E-state index contributed by atoms with van der Waals surface area (Å²) in [5.41, 5.74) is 1.11. The predicted molar refractivity (Wildman–Crippen MR) is 97.0 cm³/mol. The van der Waals surface area contributed by atoms with E-state index in [2.05, 4.69) is 20.8 Å². The number of nitrogens with one attached hydrogen (secondary N) is 1. The lowest BCUT2D eigenvalue weighted by Crippen LogP contribution is -2.28. The van der Waals surface area contributed by atoms with Crippen molar-refractivity contribution in [1.29, 1.82) is 0 Å². The Labute approximate surface area is 163 Å². The Morgan fingerprint density at radius 1 is 1.21 bits per heavy atom. The number of nitrogens with two attached hydrogens (primary N) is 1. The van der Waals surface area contributed by atoms with Crippen molar-refractivity contribution >= 4 is 33.2 Å². The number of ether oxygens (including phenoxy) is 1. The van der Waals surface area contributed by atoms with Crippen molar-refractivity contribution in [2.45, 2.75) is 11.4 Å². The number of esters is 1. The fourth-order valence-corrected chi connectivity index (χ4v) is 3.44. The van der Waals surface area contributed by atoms with Crippen molar-refractivity contribution < 1.29 is 22.7 Å². The molecule has 0 spiro atoms. The molecule has 2 aromatic heterocycles. The van der Waals surface area contributed by atoms with Gasteiger partial charge in [-0.05, 0) is 39.6 Å². The molecule has 0 fully saturated rings. The molecule has 28 heavy (non-hydrogen) atoms. The van der Waals surface area contributed by atoms with Gasteiger partial charge in [-0.2, -0.15) is 4.68 Å². The number of sulfonamides is 1. The molecule has 1 aromatic carbocycles. The minimum Gasteiger partial charge on any atom is -0.451 e.